The summed E-state index contributed by atoms with van der Waals surface area (Å²) < 4.78 is 16.1. The molecular formula is C19H22N2O4. The number of hydrogen-bond acceptors (Lipinski definition) is 5. The van der Waals surface area contributed by atoms with Crippen LogP contribution in [0.1, 0.15) is 29.8 Å². The van der Waals surface area contributed by atoms with Crippen molar-refractivity contribution in [3.05, 3.63) is 53.6 Å². The molecular weight excluding hydrogens is 320 g/mol. The summed E-state index contributed by atoms with van der Waals surface area (Å²) in [4.78, 5) is 12.1. The monoisotopic (exact) mass is 342 g/mol. The average Bonchev–Trinajstić information content (AvgIpc) is 2.61. The van der Waals surface area contributed by atoms with Crippen LogP contribution < -0.4 is 19.6 Å². The number of carbonyl (C=O) groups excluding carboxylic acids is 1. The summed E-state index contributed by atoms with van der Waals surface area (Å²) in [5.41, 5.74) is 3.68. The number of benzene rings is 2. The Morgan fingerprint density at radius 1 is 1.08 bits per heavy atom. The fourth-order valence-corrected chi connectivity index (χ4v) is 2.20. The largest absolute Gasteiger partial charge is 0.493 e. The number of para-hydroxylation sites is 1. The third-order valence-electron chi connectivity index (χ3n) is 3.29. The zero-order valence-electron chi connectivity index (χ0n) is 14.8. The van der Waals surface area contributed by atoms with E-state index in [9.17, 15) is 4.79 Å². The van der Waals surface area contributed by atoms with Crippen LogP contribution in [-0.4, -0.2) is 32.4 Å². The Balaban J connectivity index is 2.03. The van der Waals surface area contributed by atoms with Crippen molar-refractivity contribution in [1.82, 2.24) is 5.43 Å². The van der Waals surface area contributed by atoms with E-state index in [2.05, 4.69) is 10.5 Å². The van der Waals surface area contributed by atoms with Crippen LogP contribution >= 0.6 is 0 Å². The first-order valence-corrected chi connectivity index (χ1v) is 7.86. The van der Waals surface area contributed by atoms with Crippen LogP contribution in [0, 0.1) is 0 Å². The van der Waals surface area contributed by atoms with Crippen molar-refractivity contribution in [1.29, 1.82) is 0 Å². The van der Waals surface area contributed by atoms with Crippen LogP contribution in [0.15, 0.2) is 47.6 Å². The molecule has 0 aliphatic heterocycles. The molecule has 0 heterocycles. The molecule has 0 aromatic heterocycles. The van der Waals surface area contributed by atoms with Gasteiger partial charge in [-0.3, -0.25) is 4.79 Å². The molecule has 0 radical (unpaired) electrons. The number of nitrogens with one attached hydrogen (secondary N) is 1. The maximum Gasteiger partial charge on any atom is 0.271 e. The molecule has 1 N–H and O–H groups in total. The third-order valence-corrected chi connectivity index (χ3v) is 3.29. The van der Waals surface area contributed by atoms with Crippen molar-refractivity contribution in [3.8, 4) is 17.2 Å². The van der Waals surface area contributed by atoms with E-state index in [1.54, 1.807) is 44.6 Å². The number of methoxy groups -OCH3 is 2. The van der Waals surface area contributed by atoms with Crippen molar-refractivity contribution in [2.75, 3.05) is 14.2 Å². The standard InChI is InChI=1S/C19H22N2O4/c1-13(2)25-16-10-8-14(9-11-16)19(22)21-20-12-15-6-5-7-17(23-3)18(15)24-4/h5-13H,1-4H3,(H,21,22)/b20-12+. The molecule has 25 heavy (non-hydrogen) atoms. The molecule has 1 amide bonds. The maximum atomic E-state index is 12.1. The highest BCUT2D eigenvalue weighted by atomic mass is 16.5. The number of ether oxygens (including phenoxy) is 3. The number of rotatable bonds is 7. The van der Waals surface area contributed by atoms with E-state index in [4.69, 9.17) is 14.2 Å². The van der Waals surface area contributed by atoms with E-state index in [-0.39, 0.29) is 12.0 Å². The number of hydrogen-bond donors (Lipinski definition) is 1. The number of hydrazone groups is 1. The topological polar surface area (TPSA) is 69.2 Å². The van der Waals surface area contributed by atoms with Gasteiger partial charge >= 0.3 is 0 Å². The minimum Gasteiger partial charge on any atom is -0.493 e. The van der Waals surface area contributed by atoms with Gasteiger partial charge in [-0.05, 0) is 50.2 Å². The van der Waals surface area contributed by atoms with Crippen molar-refractivity contribution < 1.29 is 19.0 Å². The first-order valence-electron chi connectivity index (χ1n) is 7.86. The van der Waals surface area contributed by atoms with Gasteiger partial charge in [0, 0.05) is 11.1 Å². The smallest absolute Gasteiger partial charge is 0.271 e. The van der Waals surface area contributed by atoms with Crippen molar-refractivity contribution >= 4 is 12.1 Å². The maximum absolute atomic E-state index is 12.1. The van der Waals surface area contributed by atoms with Crippen molar-refractivity contribution in [2.24, 2.45) is 5.10 Å². The number of nitrogens with zero attached hydrogens (tertiary/aromatic N) is 1. The van der Waals surface area contributed by atoms with Gasteiger partial charge in [0.05, 0.1) is 26.5 Å². The predicted molar refractivity (Wildman–Crippen MR) is 96.8 cm³/mol. The minimum absolute atomic E-state index is 0.0853. The van der Waals surface area contributed by atoms with Gasteiger partial charge in [0.1, 0.15) is 5.75 Å². The zero-order valence-corrected chi connectivity index (χ0v) is 14.8. The Bertz CT molecular complexity index is 740. The lowest BCUT2D eigenvalue weighted by atomic mass is 10.2. The molecule has 2 aromatic rings. The van der Waals surface area contributed by atoms with E-state index in [0.29, 0.717) is 22.6 Å². The Kier molecular flexibility index (Phi) is 6.39. The molecule has 0 aliphatic rings. The van der Waals surface area contributed by atoms with Crippen LogP contribution in [0.2, 0.25) is 0 Å². The van der Waals surface area contributed by atoms with Gasteiger partial charge in [0.2, 0.25) is 0 Å². The third kappa shape index (κ3) is 4.97. The van der Waals surface area contributed by atoms with Gasteiger partial charge in [0.25, 0.3) is 5.91 Å². The Morgan fingerprint density at radius 2 is 1.80 bits per heavy atom. The summed E-state index contributed by atoms with van der Waals surface area (Å²) >= 11 is 0. The van der Waals surface area contributed by atoms with E-state index >= 15 is 0 Å². The molecule has 0 saturated heterocycles. The fourth-order valence-electron chi connectivity index (χ4n) is 2.20. The highest BCUT2D eigenvalue weighted by Gasteiger charge is 2.08. The Morgan fingerprint density at radius 3 is 2.40 bits per heavy atom. The lowest BCUT2D eigenvalue weighted by molar-refractivity contribution is 0.0955. The van der Waals surface area contributed by atoms with Crippen LogP contribution in [0.3, 0.4) is 0 Å². The molecule has 132 valence electrons. The van der Waals surface area contributed by atoms with Crippen LogP contribution in [-0.2, 0) is 0 Å². The highest BCUT2D eigenvalue weighted by Crippen LogP contribution is 2.29. The van der Waals surface area contributed by atoms with Crippen molar-refractivity contribution in [2.45, 2.75) is 20.0 Å². The quantitative estimate of drug-likeness (QED) is 0.619. The number of amides is 1. The van der Waals surface area contributed by atoms with E-state index < -0.39 is 0 Å². The van der Waals surface area contributed by atoms with Gasteiger partial charge in [-0.25, -0.2) is 5.43 Å². The van der Waals surface area contributed by atoms with Crippen LogP contribution in [0.25, 0.3) is 0 Å². The summed E-state index contributed by atoms with van der Waals surface area (Å²) in [5.74, 6) is 1.56. The molecule has 0 fully saturated rings. The first kappa shape index (κ1) is 18.3. The highest BCUT2D eigenvalue weighted by molar-refractivity contribution is 5.95. The summed E-state index contributed by atoms with van der Waals surface area (Å²) in [6.45, 7) is 3.89. The molecule has 0 saturated carbocycles. The fraction of sp³-hybridized carbons (Fsp3) is 0.263. The minimum atomic E-state index is -0.311. The first-order chi connectivity index (χ1) is 12.0. The molecule has 6 heteroatoms. The second-order valence-corrected chi connectivity index (χ2v) is 5.47. The van der Waals surface area contributed by atoms with E-state index in [1.165, 1.54) is 6.21 Å². The Hall–Kier alpha value is -3.02. The summed E-state index contributed by atoms with van der Waals surface area (Å²) in [6.07, 6.45) is 1.59. The summed E-state index contributed by atoms with van der Waals surface area (Å²) in [6, 6.07) is 12.3. The molecule has 0 unspecified atom stereocenters. The second kappa shape index (κ2) is 8.73. The van der Waals surface area contributed by atoms with Gasteiger partial charge in [0.15, 0.2) is 11.5 Å². The van der Waals surface area contributed by atoms with Crippen LogP contribution in [0.5, 0.6) is 17.2 Å². The molecule has 2 aromatic carbocycles. The molecule has 6 nitrogen and oxygen atoms in total. The van der Waals surface area contributed by atoms with E-state index in [1.807, 2.05) is 26.0 Å². The summed E-state index contributed by atoms with van der Waals surface area (Å²) in [5, 5.41) is 3.98. The SMILES string of the molecule is COc1cccc(/C=N/NC(=O)c2ccc(OC(C)C)cc2)c1OC. The van der Waals surface area contributed by atoms with Crippen LogP contribution in [0.4, 0.5) is 0 Å². The lowest BCUT2D eigenvalue weighted by Crippen LogP contribution is -2.17. The average molecular weight is 342 g/mol. The molecule has 0 bridgehead atoms. The molecule has 0 atom stereocenters. The normalized spacial score (nSPS) is 10.8. The van der Waals surface area contributed by atoms with E-state index in [0.717, 1.165) is 5.75 Å². The molecule has 2 rings (SSSR count). The van der Waals surface area contributed by atoms with Gasteiger partial charge in [-0.2, -0.15) is 5.10 Å². The molecule has 0 aliphatic carbocycles. The van der Waals surface area contributed by atoms with Gasteiger partial charge in [-0.15, -0.1) is 0 Å². The Labute approximate surface area is 147 Å². The zero-order chi connectivity index (χ0) is 18.2. The predicted octanol–water partition coefficient (Wildman–Crippen LogP) is 3.25. The van der Waals surface area contributed by atoms with Gasteiger partial charge in [-0.1, -0.05) is 6.07 Å². The summed E-state index contributed by atoms with van der Waals surface area (Å²) in [7, 11) is 3.11. The second-order valence-electron chi connectivity index (χ2n) is 5.47. The van der Waals surface area contributed by atoms with Gasteiger partial charge < -0.3 is 14.2 Å². The van der Waals surface area contributed by atoms with Crippen molar-refractivity contribution in [3.63, 3.8) is 0 Å². The molecule has 0 spiro atoms. The number of carbonyl (C=O) groups is 1. The lowest BCUT2D eigenvalue weighted by Gasteiger charge is -2.10.